The maximum atomic E-state index is 13.2. The predicted molar refractivity (Wildman–Crippen MR) is 154 cm³/mol. The van der Waals surface area contributed by atoms with Crippen LogP contribution in [0.2, 0.25) is 0 Å². The minimum absolute atomic E-state index is 0.241. The lowest BCUT2D eigenvalue weighted by molar-refractivity contribution is 0.232. The predicted octanol–water partition coefficient (Wildman–Crippen LogP) is 4.42. The van der Waals surface area contributed by atoms with E-state index in [4.69, 9.17) is 25.7 Å². The van der Waals surface area contributed by atoms with Crippen LogP contribution in [0.3, 0.4) is 0 Å². The number of fused-ring (bicyclic) bond motifs is 3. The van der Waals surface area contributed by atoms with Gasteiger partial charge in [0.25, 0.3) is 0 Å². The highest BCUT2D eigenvalue weighted by molar-refractivity contribution is 6.10. The summed E-state index contributed by atoms with van der Waals surface area (Å²) in [4.78, 5) is 15.6. The number of nitrogen functional groups attached to an aromatic ring is 1. The van der Waals surface area contributed by atoms with Gasteiger partial charge in [0.1, 0.15) is 24.0 Å². The van der Waals surface area contributed by atoms with Crippen molar-refractivity contribution in [3.63, 3.8) is 0 Å². The summed E-state index contributed by atoms with van der Waals surface area (Å²) in [5.74, 6) is 1.87. The van der Waals surface area contributed by atoms with Crippen molar-refractivity contribution in [1.29, 1.82) is 0 Å². The van der Waals surface area contributed by atoms with Crippen LogP contribution in [0, 0.1) is 5.82 Å². The SMILES string of the molecule is COc1cc2ncc3c(N)nc(-c4cncc(OC[C@@H](N)CN(C)Cc5ccc(F)cc5)c4)cc3c2cc1OC. The van der Waals surface area contributed by atoms with Crippen LogP contribution in [0.25, 0.3) is 32.9 Å². The van der Waals surface area contributed by atoms with Gasteiger partial charge >= 0.3 is 0 Å². The number of anilines is 1. The number of likely N-dealkylation sites (N-methyl/N-ethyl adjacent to an activating group) is 1. The van der Waals surface area contributed by atoms with E-state index in [-0.39, 0.29) is 11.9 Å². The van der Waals surface area contributed by atoms with Crippen molar-refractivity contribution in [2.75, 3.05) is 40.2 Å². The molecule has 0 saturated heterocycles. The van der Waals surface area contributed by atoms with Crippen LogP contribution in [0.15, 0.2) is 67.1 Å². The van der Waals surface area contributed by atoms with Gasteiger partial charge in [-0.05, 0) is 48.3 Å². The molecular weight excluding hydrogens is 511 g/mol. The molecule has 10 heteroatoms. The van der Waals surface area contributed by atoms with Gasteiger partial charge in [-0.2, -0.15) is 0 Å². The maximum absolute atomic E-state index is 13.2. The van der Waals surface area contributed by atoms with Gasteiger partial charge in [-0.25, -0.2) is 9.37 Å². The number of benzene rings is 2. The summed E-state index contributed by atoms with van der Waals surface area (Å²) in [7, 11) is 5.15. The molecule has 0 aliphatic rings. The van der Waals surface area contributed by atoms with Crippen molar-refractivity contribution in [2.45, 2.75) is 12.6 Å². The van der Waals surface area contributed by atoms with Crippen LogP contribution >= 0.6 is 0 Å². The summed E-state index contributed by atoms with van der Waals surface area (Å²) >= 11 is 0. The topological polar surface area (TPSA) is 122 Å². The van der Waals surface area contributed by atoms with Gasteiger partial charge in [-0.3, -0.25) is 9.97 Å². The molecule has 0 spiro atoms. The summed E-state index contributed by atoms with van der Waals surface area (Å²) in [6.07, 6.45) is 5.06. The summed E-state index contributed by atoms with van der Waals surface area (Å²) < 4.78 is 30.1. The molecular formula is C30H31FN6O3. The van der Waals surface area contributed by atoms with Gasteiger partial charge in [0.15, 0.2) is 11.5 Å². The Kier molecular flexibility index (Phi) is 7.90. The van der Waals surface area contributed by atoms with E-state index in [1.807, 2.05) is 31.3 Å². The lowest BCUT2D eigenvalue weighted by atomic mass is 10.0. The van der Waals surface area contributed by atoms with E-state index in [1.165, 1.54) is 12.1 Å². The second-order valence-corrected chi connectivity index (χ2v) is 9.64. The normalized spacial score (nSPS) is 12.2. The first-order valence-electron chi connectivity index (χ1n) is 12.7. The van der Waals surface area contributed by atoms with E-state index in [2.05, 4.69) is 19.9 Å². The molecule has 0 aliphatic heterocycles. The lowest BCUT2D eigenvalue weighted by Gasteiger charge is -2.21. The molecule has 3 heterocycles. The quantitative estimate of drug-likeness (QED) is 0.247. The van der Waals surface area contributed by atoms with Gasteiger partial charge in [-0.15, -0.1) is 0 Å². The number of methoxy groups -OCH3 is 2. The number of pyridine rings is 3. The van der Waals surface area contributed by atoms with Crippen molar-refractivity contribution < 1.29 is 18.6 Å². The molecule has 4 N–H and O–H groups in total. The Bertz CT molecular complexity index is 1650. The Labute approximate surface area is 231 Å². The second kappa shape index (κ2) is 11.7. The molecule has 40 heavy (non-hydrogen) atoms. The molecule has 0 unspecified atom stereocenters. The maximum Gasteiger partial charge on any atom is 0.162 e. The number of hydrogen-bond acceptors (Lipinski definition) is 9. The van der Waals surface area contributed by atoms with Crippen LogP contribution < -0.4 is 25.7 Å². The first kappa shape index (κ1) is 27.0. The van der Waals surface area contributed by atoms with Crippen molar-refractivity contribution in [2.24, 2.45) is 5.73 Å². The van der Waals surface area contributed by atoms with E-state index >= 15 is 0 Å². The third-order valence-electron chi connectivity index (χ3n) is 6.60. The number of nitrogens with zero attached hydrogens (tertiary/aromatic N) is 4. The minimum atomic E-state index is -0.250. The minimum Gasteiger partial charge on any atom is -0.493 e. The van der Waals surface area contributed by atoms with E-state index < -0.39 is 0 Å². The Morgan fingerprint density at radius 2 is 1.68 bits per heavy atom. The van der Waals surface area contributed by atoms with Crippen LogP contribution in [-0.4, -0.2) is 60.3 Å². The third kappa shape index (κ3) is 5.88. The van der Waals surface area contributed by atoms with E-state index in [0.717, 1.165) is 32.8 Å². The highest BCUT2D eigenvalue weighted by Gasteiger charge is 2.15. The standard InChI is InChI=1S/C30H31FN6O3/c1-37(15-18-4-6-20(31)7-5-18)16-21(32)17-40-22-8-19(12-34-13-22)26-9-23-24-10-28(38-2)29(39-3)11-27(24)35-14-25(23)30(33)36-26/h4-14,21H,15-17,32H2,1-3H3,(H2,33,36)/t21-/m0/s1. The van der Waals surface area contributed by atoms with Crippen LogP contribution in [-0.2, 0) is 6.54 Å². The number of halogens is 1. The highest BCUT2D eigenvalue weighted by Crippen LogP contribution is 2.37. The molecule has 0 saturated carbocycles. The molecule has 206 valence electrons. The Balaban J connectivity index is 1.34. The van der Waals surface area contributed by atoms with E-state index in [1.54, 1.807) is 44.9 Å². The van der Waals surface area contributed by atoms with Gasteiger partial charge in [0.2, 0.25) is 0 Å². The van der Waals surface area contributed by atoms with Crippen molar-refractivity contribution in [1.82, 2.24) is 19.9 Å². The molecule has 0 aliphatic carbocycles. The fourth-order valence-corrected chi connectivity index (χ4v) is 4.67. The summed E-state index contributed by atoms with van der Waals surface area (Å²) in [5, 5.41) is 2.48. The van der Waals surface area contributed by atoms with Crippen LogP contribution in [0.4, 0.5) is 10.2 Å². The lowest BCUT2D eigenvalue weighted by Crippen LogP contribution is -2.39. The smallest absolute Gasteiger partial charge is 0.162 e. The molecule has 0 fully saturated rings. The summed E-state index contributed by atoms with van der Waals surface area (Å²) in [6.45, 7) is 1.55. The Hall–Kier alpha value is -4.54. The molecule has 3 aromatic heterocycles. The molecule has 9 nitrogen and oxygen atoms in total. The van der Waals surface area contributed by atoms with Crippen molar-refractivity contribution >= 4 is 27.5 Å². The average Bonchev–Trinajstić information content (AvgIpc) is 2.96. The number of hydrogen-bond donors (Lipinski definition) is 2. The monoisotopic (exact) mass is 542 g/mol. The van der Waals surface area contributed by atoms with Crippen LogP contribution in [0.1, 0.15) is 5.56 Å². The molecule has 2 aromatic carbocycles. The molecule has 1 atom stereocenters. The van der Waals surface area contributed by atoms with Gasteiger partial charge < -0.3 is 30.6 Å². The fourth-order valence-electron chi connectivity index (χ4n) is 4.67. The first-order chi connectivity index (χ1) is 19.3. The zero-order valence-corrected chi connectivity index (χ0v) is 22.6. The number of rotatable bonds is 10. The molecule has 5 aromatic rings. The number of ether oxygens (including phenoxy) is 3. The average molecular weight is 543 g/mol. The molecule has 5 rings (SSSR count). The number of nitrogens with two attached hydrogens (primary N) is 2. The zero-order valence-electron chi connectivity index (χ0n) is 22.6. The first-order valence-corrected chi connectivity index (χ1v) is 12.7. The van der Waals surface area contributed by atoms with Gasteiger partial charge in [0.05, 0.1) is 37.7 Å². The fraction of sp³-hybridized carbons (Fsp3) is 0.233. The Morgan fingerprint density at radius 1 is 0.925 bits per heavy atom. The van der Waals surface area contributed by atoms with Crippen LogP contribution in [0.5, 0.6) is 17.2 Å². The molecule has 0 amide bonds. The van der Waals surface area contributed by atoms with E-state index in [9.17, 15) is 4.39 Å². The Morgan fingerprint density at radius 3 is 2.42 bits per heavy atom. The zero-order chi connectivity index (χ0) is 28.2. The van der Waals surface area contributed by atoms with Crippen molar-refractivity contribution in [3.8, 4) is 28.5 Å². The highest BCUT2D eigenvalue weighted by atomic mass is 19.1. The van der Waals surface area contributed by atoms with Gasteiger partial charge in [-0.1, -0.05) is 12.1 Å². The second-order valence-electron chi connectivity index (χ2n) is 9.64. The third-order valence-corrected chi connectivity index (χ3v) is 6.60. The van der Waals surface area contributed by atoms with Crippen molar-refractivity contribution in [3.05, 3.63) is 78.5 Å². The molecule has 0 bridgehead atoms. The largest absolute Gasteiger partial charge is 0.493 e. The molecule has 0 radical (unpaired) electrons. The van der Waals surface area contributed by atoms with Gasteiger partial charge in [0, 0.05) is 47.9 Å². The number of aromatic nitrogens is 3. The summed E-state index contributed by atoms with van der Waals surface area (Å²) in [6, 6.07) is 13.8. The van der Waals surface area contributed by atoms with E-state index in [0.29, 0.717) is 48.5 Å². The summed E-state index contributed by atoms with van der Waals surface area (Å²) in [5.41, 5.74) is 15.8.